The van der Waals surface area contributed by atoms with Crippen LogP contribution in [0.4, 0.5) is 32.2 Å². The Morgan fingerprint density at radius 2 is 1.48 bits per heavy atom. The second kappa shape index (κ2) is 12.3. The fourth-order valence-electron chi connectivity index (χ4n) is 4.52. The summed E-state index contributed by atoms with van der Waals surface area (Å²) in [6, 6.07) is 14.1. The summed E-state index contributed by atoms with van der Waals surface area (Å²) in [6.07, 6.45) is -10.1. The van der Waals surface area contributed by atoms with Gasteiger partial charge in [0.15, 0.2) is 5.82 Å². The zero-order valence-electron chi connectivity index (χ0n) is 23.5. The van der Waals surface area contributed by atoms with E-state index in [1.54, 1.807) is 26.8 Å². The number of aromatic nitrogens is 1. The van der Waals surface area contributed by atoms with Crippen molar-refractivity contribution in [1.82, 2.24) is 4.98 Å². The number of rotatable bonds is 9. The van der Waals surface area contributed by atoms with Crippen molar-refractivity contribution >= 4 is 32.6 Å². The number of benzene rings is 3. The number of esters is 1. The number of anilines is 1. The van der Waals surface area contributed by atoms with E-state index in [0.717, 1.165) is 48.5 Å². The molecule has 0 saturated carbocycles. The molecule has 0 unspecified atom stereocenters. The minimum absolute atomic E-state index is 0.0134. The van der Waals surface area contributed by atoms with E-state index < -0.39 is 63.0 Å². The number of pyridine rings is 1. The number of halogens is 6. The molecule has 3 aromatic carbocycles. The van der Waals surface area contributed by atoms with Gasteiger partial charge in [-0.25, -0.2) is 22.5 Å². The summed E-state index contributed by atoms with van der Waals surface area (Å²) < 4.78 is 120. The molecule has 0 atom stereocenters. The van der Waals surface area contributed by atoms with Crippen molar-refractivity contribution in [1.29, 1.82) is 0 Å². The SMILES string of the molecule is CCOC(=O)c1ccc(S(=O)(=O)N(Cc2ccc(OC(F)(F)F)cc2)c2nc(C(C)C)c3ccccc3c2C(F)(F)F)cc1. The molecule has 1 aromatic heterocycles. The number of nitrogens with zero attached hydrogens (tertiary/aromatic N) is 2. The Bertz CT molecular complexity index is 1750. The smallest absolute Gasteiger partial charge is 0.462 e. The van der Waals surface area contributed by atoms with E-state index >= 15 is 0 Å². The van der Waals surface area contributed by atoms with Crippen LogP contribution in [0.25, 0.3) is 10.8 Å². The monoisotopic (exact) mass is 640 g/mol. The maximum absolute atomic E-state index is 14.8. The van der Waals surface area contributed by atoms with E-state index in [4.69, 9.17) is 4.74 Å². The van der Waals surface area contributed by atoms with E-state index in [1.165, 1.54) is 18.2 Å². The van der Waals surface area contributed by atoms with Crippen LogP contribution in [0.3, 0.4) is 0 Å². The third-order valence-corrected chi connectivity index (χ3v) is 8.18. The summed E-state index contributed by atoms with van der Waals surface area (Å²) in [5.74, 6) is -2.67. The van der Waals surface area contributed by atoms with Gasteiger partial charge in [0.1, 0.15) is 11.3 Å². The third kappa shape index (κ3) is 7.07. The molecule has 0 aliphatic rings. The largest absolute Gasteiger partial charge is 0.573 e. The minimum atomic E-state index is -5.07. The topological polar surface area (TPSA) is 85.8 Å². The zero-order chi connectivity index (χ0) is 32.4. The van der Waals surface area contributed by atoms with E-state index in [0.29, 0.717) is 4.31 Å². The summed E-state index contributed by atoms with van der Waals surface area (Å²) in [6.45, 7) is 4.29. The van der Waals surface area contributed by atoms with Gasteiger partial charge in [-0.15, -0.1) is 13.2 Å². The lowest BCUT2D eigenvalue weighted by molar-refractivity contribution is -0.274. The van der Waals surface area contributed by atoms with Crippen LogP contribution in [0.5, 0.6) is 5.75 Å². The van der Waals surface area contributed by atoms with Crippen LogP contribution >= 0.6 is 0 Å². The lowest BCUT2D eigenvalue weighted by atomic mass is 9.98. The van der Waals surface area contributed by atoms with Gasteiger partial charge in [0.25, 0.3) is 10.0 Å². The van der Waals surface area contributed by atoms with E-state index in [2.05, 4.69) is 9.72 Å². The zero-order valence-corrected chi connectivity index (χ0v) is 24.3. The molecule has 0 amide bonds. The van der Waals surface area contributed by atoms with Crippen LogP contribution in [0.1, 0.15) is 53.9 Å². The molecule has 14 heteroatoms. The second-order valence-electron chi connectivity index (χ2n) is 9.84. The Kier molecular flexibility index (Phi) is 9.14. The Labute approximate surface area is 249 Å². The lowest BCUT2D eigenvalue weighted by Gasteiger charge is -2.28. The predicted octanol–water partition coefficient (Wildman–Crippen LogP) is 7.85. The lowest BCUT2D eigenvalue weighted by Crippen LogP contribution is -2.34. The van der Waals surface area contributed by atoms with Gasteiger partial charge in [0.2, 0.25) is 0 Å². The predicted molar refractivity (Wildman–Crippen MR) is 150 cm³/mol. The molecule has 7 nitrogen and oxygen atoms in total. The van der Waals surface area contributed by atoms with Crippen LogP contribution in [0.15, 0.2) is 77.7 Å². The van der Waals surface area contributed by atoms with Crippen LogP contribution in [-0.4, -0.2) is 32.3 Å². The maximum atomic E-state index is 14.8. The van der Waals surface area contributed by atoms with Crippen molar-refractivity contribution in [2.75, 3.05) is 10.9 Å². The highest BCUT2D eigenvalue weighted by Gasteiger charge is 2.42. The number of carbonyl (C=O) groups is 1. The molecular formula is C30H26F6N2O5S. The van der Waals surface area contributed by atoms with Crippen molar-refractivity contribution in [3.63, 3.8) is 0 Å². The van der Waals surface area contributed by atoms with Crippen molar-refractivity contribution in [2.45, 2.75) is 50.7 Å². The quantitative estimate of drug-likeness (QED) is 0.137. The van der Waals surface area contributed by atoms with E-state index in [1.807, 2.05) is 0 Å². The van der Waals surface area contributed by atoms with Gasteiger partial charge < -0.3 is 9.47 Å². The summed E-state index contributed by atoms with van der Waals surface area (Å²) in [4.78, 5) is 15.9. The van der Waals surface area contributed by atoms with Crippen molar-refractivity contribution in [3.8, 4) is 5.75 Å². The van der Waals surface area contributed by atoms with Crippen molar-refractivity contribution in [3.05, 3.63) is 95.2 Å². The Morgan fingerprint density at radius 3 is 2.00 bits per heavy atom. The van der Waals surface area contributed by atoms with Gasteiger partial charge in [-0.3, -0.25) is 0 Å². The summed E-state index contributed by atoms with van der Waals surface area (Å²) in [5, 5.41) is -0.0937. The molecule has 234 valence electrons. The first-order valence-corrected chi connectivity index (χ1v) is 14.6. The van der Waals surface area contributed by atoms with Crippen LogP contribution in [-0.2, 0) is 27.5 Å². The molecule has 0 spiro atoms. The average molecular weight is 641 g/mol. The van der Waals surface area contributed by atoms with Crippen LogP contribution in [0.2, 0.25) is 0 Å². The molecule has 0 saturated heterocycles. The molecule has 4 aromatic rings. The molecule has 0 N–H and O–H groups in total. The number of alkyl halides is 6. The summed E-state index contributed by atoms with van der Waals surface area (Å²) in [5.41, 5.74) is -1.04. The number of hydrogen-bond acceptors (Lipinski definition) is 6. The number of fused-ring (bicyclic) bond motifs is 1. The maximum Gasteiger partial charge on any atom is 0.573 e. The molecule has 4 rings (SSSR count). The molecule has 0 aliphatic heterocycles. The highest BCUT2D eigenvalue weighted by atomic mass is 32.2. The number of carbonyl (C=O) groups excluding carboxylic acids is 1. The number of sulfonamides is 1. The van der Waals surface area contributed by atoms with Crippen molar-refractivity contribution in [2.24, 2.45) is 0 Å². The van der Waals surface area contributed by atoms with Gasteiger partial charge in [0, 0.05) is 5.39 Å². The summed E-state index contributed by atoms with van der Waals surface area (Å²) >= 11 is 0. The first-order chi connectivity index (χ1) is 20.5. The fourth-order valence-corrected chi connectivity index (χ4v) is 5.93. The minimum Gasteiger partial charge on any atom is -0.462 e. The standard InChI is InChI=1S/C30H26F6N2O5S/c1-4-42-28(39)20-11-15-22(16-12-20)44(40,41)38(17-19-9-13-21(14-10-19)43-30(34,35)36)27-25(29(31,32)33)23-7-5-6-8-24(23)26(37-27)18(2)3/h5-16,18H,4,17H2,1-3H3. The summed E-state index contributed by atoms with van der Waals surface area (Å²) in [7, 11) is -4.83. The van der Waals surface area contributed by atoms with Crippen LogP contribution < -0.4 is 9.04 Å². The fraction of sp³-hybridized carbons (Fsp3) is 0.267. The molecule has 0 bridgehead atoms. The second-order valence-corrected chi connectivity index (χ2v) is 11.7. The number of ether oxygens (including phenoxy) is 2. The molecule has 0 fully saturated rings. The van der Waals surface area contributed by atoms with E-state index in [9.17, 15) is 39.6 Å². The van der Waals surface area contributed by atoms with Gasteiger partial charge in [-0.05, 0) is 60.2 Å². The Balaban J connectivity index is 1.95. The van der Waals surface area contributed by atoms with Gasteiger partial charge in [-0.2, -0.15) is 13.2 Å². The molecule has 1 heterocycles. The molecule has 0 aliphatic carbocycles. The molecule has 44 heavy (non-hydrogen) atoms. The van der Waals surface area contributed by atoms with Crippen molar-refractivity contribution < 1.29 is 49.0 Å². The van der Waals surface area contributed by atoms with Gasteiger partial charge >= 0.3 is 18.5 Å². The Morgan fingerprint density at radius 1 is 0.886 bits per heavy atom. The Hall–Kier alpha value is -4.33. The first-order valence-electron chi connectivity index (χ1n) is 13.2. The van der Waals surface area contributed by atoms with Gasteiger partial charge in [-0.1, -0.05) is 50.2 Å². The number of hydrogen-bond donors (Lipinski definition) is 0. The highest BCUT2D eigenvalue weighted by Crippen LogP contribution is 2.44. The third-order valence-electron chi connectivity index (χ3n) is 6.43. The average Bonchev–Trinajstić information content (AvgIpc) is 2.94. The normalized spacial score (nSPS) is 12.4. The van der Waals surface area contributed by atoms with Crippen LogP contribution in [0, 0.1) is 0 Å². The molecular weight excluding hydrogens is 614 g/mol. The van der Waals surface area contributed by atoms with E-state index in [-0.39, 0.29) is 34.2 Å². The highest BCUT2D eigenvalue weighted by molar-refractivity contribution is 7.92. The molecule has 0 radical (unpaired) electrons. The van der Waals surface area contributed by atoms with Gasteiger partial charge in [0.05, 0.1) is 29.3 Å². The first kappa shape index (κ1) is 32.6.